The normalized spacial score (nSPS) is 48.9. The highest BCUT2D eigenvalue weighted by atomic mass is 16.7. The third-order valence-electron chi connectivity index (χ3n) is 12.2. The van der Waals surface area contributed by atoms with Gasteiger partial charge in [0.2, 0.25) is 0 Å². The Kier molecular flexibility index (Phi) is 15.5. The Morgan fingerprint density at radius 2 is 1.43 bits per heavy atom. The Morgan fingerprint density at radius 1 is 0.849 bits per heavy atom. The Morgan fingerprint density at radius 3 is 1.96 bits per heavy atom. The molecule has 310 valence electrons. The highest BCUT2D eigenvalue weighted by molar-refractivity contribution is 5.83. The van der Waals surface area contributed by atoms with Crippen molar-refractivity contribution in [3.63, 3.8) is 0 Å². The van der Waals surface area contributed by atoms with Gasteiger partial charge in [-0.1, -0.05) is 20.8 Å². The first-order valence-corrected chi connectivity index (χ1v) is 18.9. The number of esters is 1. The van der Waals surface area contributed by atoms with Crippen LogP contribution >= 0.6 is 0 Å². The highest BCUT2D eigenvalue weighted by Crippen LogP contribution is 2.42. The second-order valence-corrected chi connectivity index (χ2v) is 16.9. The van der Waals surface area contributed by atoms with Gasteiger partial charge in [0.15, 0.2) is 18.7 Å². The quantitative estimate of drug-likeness (QED) is 0.222. The van der Waals surface area contributed by atoms with Gasteiger partial charge in [0.1, 0.15) is 23.6 Å². The molecule has 2 unspecified atom stereocenters. The molecule has 15 heteroatoms. The maximum absolute atomic E-state index is 14.2. The van der Waals surface area contributed by atoms with E-state index in [0.717, 1.165) is 0 Å². The van der Waals surface area contributed by atoms with Crippen molar-refractivity contribution in [2.45, 2.75) is 179 Å². The average Bonchev–Trinajstić information content (AvgIpc) is 3.09. The number of carbonyl (C=O) groups excluding carboxylic acids is 2. The number of aliphatic hydroxyl groups excluding tert-OH is 4. The fraction of sp³-hybridized carbons (Fsp3) is 0.947. The number of cyclic esters (lactones) is 1. The molecule has 3 fully saturated rings. The lowest BCUT2D eigenvalue weighted by Gasteiger charge is -2.50. The van der Waals surface area contributed by atoms with Gasteiger partial charge in [0.05, 0.1) is 53.7 Å². The Bertz CT molecular complexity index is 1220. The third-order valence-corrected chi connectivity index (χ3v) is 12.2. The van der Waals surface area contributed by atoms with Crippen molar-refractivity contribution >= 4 is 11.8 Å². The molecular formula is C38H69NO14. The van der Waals surface area contributed by atoms with E-state index in [4.69, 9.17) is 33.2 Å². The molecule has 3 aliphatic heterocycles. The molecule has 15 nitrogen and oxygen atoms in total. The standard InChI is InChI=1S/C38H69NO14/c1-18-16-37(9,48-14)32(53-35-28(42)25(39(11)12)15-19(2)49-35)21(4)29(51-26-17-36(8,47-13)31(44)24(7)50-26)22(5)34(45)52-33(23(6)40)38(10,46)30(43)20(3)27(18)41/h18-26,28-33,35,40,42-44,46H,15-17H2,1-14H3/t18-,19-,20+,21+,22-,23?,24+,25+,26+,28-,29?,30-,31+,32-,33-,35+,36-,37+,38+/m1/s1. The van der Waals surface area contributed by atoms with Crippen molar-refractivity contribution in [2.24, 2.45) is 23.7 Å². The zero-order chi connectivity index (χ0) is 40.5. The summed E-state index contributed by atoms with van der Waals surface area (Å²) < 4.78 is 43.6. The molecule has 0 amide bonds. The van der Waals surface area contributed by atoms with E-state index in [1.165, 1.54) is 35.0 Å². The van der Waals surface area contributed by atoms with Gasteiger partial charge in [-0.2, -0.15) is 0 Å². The van der Waals surface area contributed by atoms with Crippen LogP contribution in [0, 0.1) is 23.7 Å². The lowest BCUT2D eigenvalue weighted by atomic mass is 9.73. The first kappa shape index (κ1) is 46.0. The maximum Gasteiger partial charge on any atom is 0.311 e. The first-order chi connectivity index (χ1) is 24.4. The number of methoxy groups -OCH3 is 2. The summed E-state index contributed by atoms with van der Waals surface area (Å²) in [5.41, 5.74) is -4.61. The summed E-state index contributed by atoms with van der Waals surface area (Å²) in [6, 6.07) is -0.310. The molecule has 0 aromatic rings. The van der Waals surface area contributed by atoms with Crippen LogP contribution in [-0.2, 0) is 42.7 Å². The molecule has 0 aromatic heterocycles. The van der Waals surface area contributed by atoms with Gasteiger partial charge < -0.3 is 63.6 Å². The highest BCUT2D eigenvalue weighted by Gasteiger charge is 2.54. The molecule has 0 bridgehead atoms. The minimum Gasteiger partial charge on any atom is -0.456 e. The summed E-state index contributed by atoms with van der Waals surface area (Å²) in [5.74, 6) is -5.10. The SMILES string of the molecule is CO[C@]1(C)C[C@H](OC2[C@@H](C)C(=O)O[C@H](C(C)O)[C@@](C)(O)[C@H](O)[C@@H](C)C(=O)[C@H](C)C[C@](C)(OC)[C@H](O[C@@H]3O[C@H](C)C[C@H](N(C)C)[C@H]3O)[C@H]2C)O[C@@H](C)[C@@H]1O. The number of rotatable bonds is 8. The van der Waals surface area contributed by atoms with Crippen LogP contribution in [0.15, 0.2) is 0 Å². The van der Waals surface area contributed by atoms with Crippen molar-refractivity contribution < 1.29 is 68.3 Å². The van der Waals surface area contributed by atoms with Gasteiger partial charge in [-0.3, -0.25) is 9.59 Å². The zero-order valence-corrected chi connectivity index (χ0v) is 34.2. The number of nitrogens with zero attached hydrogens (tertiary/aromatic N) is 1. The summed E-state index contributed by atoms with van der Waals surface area (Å²) in [4.78, 5) is 30.1. The summed E-state index contributed by atoms with van der Waals surface area (Å²) in [7, 11) is 6.68. The molecule has 3 aliphatic rings. The van der Waals surface area contributed by atoms with Crippen LogP contribution in [0.25, 0.3) is 0 Å². The van der Waals surface area contributed by atoms with Crippen LogP contribution in [0.1, 0.15) is 88.5 Å². The van der Waals surface area contributed by atoms with Crippen molar-refractivity contribution in [3.05, 3.63) is 0 Å². The number of ether oxygens (including phenoxy) is 7. The van der Waals surface area contributed by atoms with Crippen molar-refractivity contribution in [1.29, 1.82) is 0 Å². The third kappa shape index (κ3) is 9.80. The van der Waals surface area contributed by atoms with Crippen molar-refractivity contribution in [2.75, 3.05) is 28.3 Å². The number of hydrogen-bond donors (Lipinski definition) is 5. The number of Topliss-reactive ketones (excluding diaryl/α,β-unsaturated/α-hetero) is 1. The molecule has 0 spiro atoms. The van der Waals surface area contributed by atoms with E-state index in [0.29, 0.717) is 6.42 Å². The van der Waals surface area contributed by atoms with E-state index < -0.39 is 114 Å². The molecule has 0 saturated carbocycles. The predicted octanol–water partition coefficient (Wildman–Crippen LogP) is 1.41. The second kappa shape index (κ2) is 17.9. The first-order valence-electron chi connectivity index (χ1n) is 18.9. The Hall–Kier alpha value is -1.34. The van der Waals surface area contributed by atoms with E-state index in [2.05, 4.69) is 0 Å². The predicted molar refractivity (Wildman–Crippen MR) is 192 cm³/mol. The van der Waals surface area contributed by atoms with Crippen LogP contribution in [0.4, 0.5) is 0 Å². The van der Waals surface area contributed by atoms with Crippen molar-refractivity contribution in [3.8, 4) is 0 Å². The molecule has 53 heavy (non-hydrogen) atoms. The van der Waals surface area contributed by atoms with Crippen molar-refractivity contribution in [1.82, 2.24) is 4.90 Å². The monoisotopic (exact) mass is 763 g/mol. The van der Waals surface area contributed by atoms with Gasteiger partial charge in [-0.15, -0.1) is 0 Å². The van der Waals surface area contributed by atoms with E-state index >= 15 is 0 Å². The lowest BCUT2D eigenvalue weighted by Crippen LogP contribution is -2.62. The fourth-order valence-electron chi connectivity index (χ4n) is 8.64. The minimum atomic E-state index is -2.24. The van der Waals surface area contributed by atoms with Crippen LogP contribution in [-0.4, -0.2) is 161 Å². The maximum atomic E-state index is 14.2. The summed E-state index contributed by atoms with van der Waals surface area (Å²) in [6.07, 6.45) is -11.5. The van der Waals surface area contributed by atoms with E-state index in [1.54, 1.807) is 41.5 Å². The number of hydrogen-bond acceptors (Lipinski definition) is 15. The van der Waals surface area contributed by atoms with Gasteiger partial charge in [0, 0.05) is 44.4 Å². The van der Waals surface area contributed by atoms with Gasteiger partial charge in [-0.25, -0.2) is 0 Å². The van der Waals surface area contributed by atoms with Gasteiger partial charge >= 0.3 is 5.97 Å². The number of carbonyl (C=O) groups is 2. The second-order valence-electron chi connectivity index (χ2n) is 16.9. The number of likely N-dealkylation sites (N-methyl/N-ethyl adjacent to an activating group) is 1. The molecule has 3 saturated heterocycles. The summed E-state index contributed by atoms with van der Waals surface area (Å²) in [5, 5.41) is 56.4. The van der Waals surface area contributed by atoms with E-state index in [-0.39, 0.29) is 25.0 Å². The molecule has 3 heterocycles. The molecule has 0 aromatic carbocycles. The Labute approximate surface area is 315 Å². The van der Waals surface area contributed by atoms with Crippen LogP contribution < -0.4 is 0 Å². The smallest absolute Gasteiger partial charge is 0.311 e. The fourth-order valence-corrected chi connectivity index (χ4v) is 8.64. The van der Waals surface area contributed by atoms with Gasteiger partial charge in [0.25, 0.3) is 0 Å². The molecular weight excluding hydrogens is 694 g/mol. The van der Waals surface area contributed by atoms with E-state index in [9.17, 15) is 35.1 Å². The molecule has 19 atom stereocenters. The summed E-state index contributed by atoms with van der Waals surface area (Å²) >= 11 is 0. The van der Waals surface area contributed by atoms with E-state index in [1.807, 2.05) is 25.9 Å². The largest absolute Gasteiger partial charge is 0.456 e. The average molecular weight is 764 g/mol. The topological polar surface area (TPSA) is 203 Å². The number of aliphatic hydroxyl groups is 5. The summed E-state index contributed by atoms with van der Waals surface area (Å²) in [6.45, 7) is 16.1. The molecule has 0 radical (unpaired) electrons. The molecule has 3 rings (SSSR count). The molecule has 0 aliphatic carbocycles. The zero-order valence-electron chi connectivity index (χ0n) is 34.2. The van der Waals surface area contributed by atoms with Crippen LogP contribution in [0.5, 0.6) is 0 Å². The van der Waals surface area contributed by atoms with Crippen LogP contribution in [0.3, 0.4) is 0 Å². The Balaban J connectivity index is 2.24. The van der Waals surface area contributed by atoms with Crippen LogP contribution in [0.2, 0.25) is 0 Å². The minimum absolute atomic E-state index is 0.0578. The number of ketones is 1. The molecule has 5 N–H and O–H groups in total. The van der Waals surface area contributed by atoms with Gasteiger partial charge in [-0.05, 0) is 75.4 Å². The lowest BCUT2D eigenvalue weighted by molar-refractivity contribution is -0.319.